The Balaban J connectivity index is 1.46. The summed E-state index contributed by atoms with van der Waals surface area (Å²) in [5.74, 6) is 2.15. The summed E-state index contributed by atoms with van der Waals surface area (Å²) in [5.41, 5.74) is 1.17. The SMILES string of the molecule is Cc1ccc(OC(=O)C2CCC(C3CCC(O)CC3)CC2)cc1. The van der Waals surface area contributed by atoms with Gasteiger partial charge in [0.05, 0.1) is 12.0 Å². The second kappa shape index (κ2) is 7.48. The maximum absolute atomic E-state index is 12.3. The summed E-state index contributed by atoms with van der Waals surface area (Å²) >= 11 is 0. The van der Waals surface area contributed by atoms with Crippen LogP contribution in [0.5, 0.6) is 5.75 Å². The van der Waals surface area contributed by atoms with Crippen LogP contribution >= 0.6 is 0 Å². The average Bonchev–Trinajstić information content (AvgIpc) is 2.58. The number of rotatable bonds is 3. The monoisotopic (exact) mass is 316 g/mol. The molecule has 0 aromatic heterocycles. The van der Waals surface area contributed by atoms with Crippen LogP contribution in [0.2, 0.25) is 0 Å². The summed E-state index contributed by atoms with van der Waals surface area (Å²) in [5, 5.41) is 9.64. The molecule has 0 saturated heterocycles. The zero-order valence-corrected chi connectivity index (χ0v) is 14.0. The van der Waals surface area contributed by atoms with Gasteiger partial charge in [-0.1, -0.05) is 17.7 Å². The number of aliphatic hydroxyl groups is 1. The largest absolute Gasteiger partial charge is 0.426 e. The molecule has 2 saturated carbocycles. The standard InChI is InChI=1S/C20H28O3/c1-14-2-12-19(13-3-14)23-20(22)17-6-4-15(5-7-17)16-8-10-18(21)11-9-16/h2-3,12-13,15-18,21H,4-11H2,1H3. The fraction of sp³-hybridized carbons (Fsp3) is 0.650. The highest BCUT2D eigenvalue weighted by Gasteiger charge is 2.33. The van der Waals surface area contributed by atoms with Gasteiger partial charge < -0.3 is 9.84 Å². The first kappa shape index (κ1) is 16.5. The van der Waals surface area contributed by atoms with E-state index in [1.165, 1.54) is 5.56 Å². The first-order chi connectivity index (χ1) is 11.1. The van der Waals surface area contributed by atoms with Crippen molar-refractivity contribution in [2.45, 2.75) is 64.4 Å². The van der Waals surface area contributed by atoms with Crippen LogP contribution in [-0.4, -0.2) is 17.2 Å². The van der Waals surface area contributed by atoms with Crippen LogP contribution < -0.4 is 4.74 Å². The third-order valence-corrected chi connectivity index (χ3v) is 5.75. The molecule has 3 nitrogen and oxygen atoms in total. The molecule has 2 aliphatic carbocycles. The minimum Gasteiger partial charge on any atom is -0.426 e. The Bertz CT molecular complexity index is 506. The van der Waals surface area contributed by atoms with Crippen molar-refractivity contribution in [3.8, 4) is 5.75 Å². The maximum atomic E-state index is 12.3. The molecule has 0 spiro atoms. The predicted octanol–water partition coefficient (Wildman–Crippen LogP) is 4.26. The number of aliphatic hydroxyl groups excluding tert-OH is 1. The molecule has 2 aliphatic rings. The fourth-order valence-corrected chi connectivity index (χ4v) is 4.21. The molecule has 126 valence electrons. The first-order valence-corrected chi connectivity index (χ1v) is 9.08. The number of benzene rings is 1. The highest BCUT2D eigenvalue weighted by atomic mass is 16.5. The van der Waals surface area contributed by atoms with E-state index in [0.717, 1.165) is 63.2 Å². The molecule has 0 heterocycles. The zero-order valence-electron chi connectivity index (χ0n) is 14.0. The highest BCUT2D eigenvalue weighted by Crippen LogP contribution is 2.40. The molecule has 0 amide bonds. The lowest BCUT2D eigenvalue weighted by Gasteiger charge is -2.36. The second-order valence-corrected chi connectivity index (χ2v) is 7.41. The van der Waals surface area contributed by atoms with Gasteiger partial charge in [-0.15, -0.1) is 0 Å². The summed E-state index contributed by atoms with van der Waals surface area (Å²) < 4.78 is 5.53. The summed E-state index contributed by atoms with van der Waals surface area (Å²) in [7, 11) is 0. The lowest BCUT2D eigenvalue weighted by Crippen LogP contribution is -2.30. The van der Waals surface area contributed by atoms with E-state index in [-0.39, 0.29) is 18.0 Å². The normalized spacial score (nSPS) is 31.6. The summed E-state index contributed by atoms with van der Waals surface area (Å²) in [6.45, 7) is 2.02. The van der Waals surface area contributed by atoms with E-state index in [1.54, 1.807) is 0 Å². The van der Waals surface area contributed by atoms with Crippen molar-refractivity contribution in [3.63, 3.8) is 0 Å². The molecule has 1 aromatic rings. The van der Waals surface area contributed by atoms with Gasteiger partial charge in [-0.2, -0.15) is 0 Å². The number of ether oxygens (including phenoxy) is 1. The fourth-order valence-electron chi connectivity index (χ4n) is 4.21. The van der Waals surface area contributed by atoms with Gasteiger partial charge in [0, 0.05) is 0 Å². The summed E-state index contributed by atoms with van der Waals surface area (Å²) in [4.78, 5) is 12.3. The Morgan fingerprint density at radius 2 is 1.43 bits per heavy atom. The van der Waals surface area contributed by atoms with Crippen molar-refractivity contribution in [2.24, 2.45) is 17.8 Å². The van der Waals surface area contributed by atoms with Gasteiger partial charge >= 0.3 is 5.97 Å². The van der Waals surface area contributed by atoms with Gasteiger partial charge in [0.15, 0.2) is 0 Å². The molecule has 0 bridgehead atoms. The van der Waals surface area contributed by atoms with Crippen LogP contribution in [-0.2, 0) is 4.79 Å². The van der Waals surface area contributed by atoms with E-state index in [0.29, 0.717) is 5.75 Å². The topological polar surface area (TPSA) is 46.5 Å². The Morgan fingerprint density at radius 1 is 0.913 bits per heavy atom. The van der Waals surface area contributed by atoms with Crippen LogP contribution in [0.4, 0.5) is 0 Å². The van der Waals surface area contributed by atoms with E-state index in [9.17, 15) is 9.90 Å². The van der Waals surface area contributed by atoms with Crippen molar-refractivity contribution in [3.05, 3.63) is 29.8 Å². The van der Waals surface area contributed by atoms with Crippen LogP contribution in [0, 0.1) is 24.7 Å². The maximum Gasteiger partial charge on any atom is 0.314 e. The van der Waals surface area contributed by atoms with E-state index in [1.807, 2.05) is 31.2 Å². The second-order valence-electron chi connectivity index (χ2n) is 7.41. The molecule has 3 heteroatoms. The predicted molar refractivity (Wildman–Crippen MR) is 90.2 cm³/mol. The van der Waals surface area contributed by atoms with Crippen molar-refractivity contribution < 1.29 is 14.6 Å². The number of hydrogen-bond donors (Lipinski definition) is 1. The number of carbonyl (C=O) groups excluding carboxylic acids is 1. The van der Waals surface area contributed by atoms with Gasteiger partial charge in [-0.3, -0.25) is 4.79 Å². The van der Waals surface area contributed by atoms with Gasteiger partial charge in [0.1, 0.15) is 5.75 Å². The number of esters is 1. The number of aryl methyl sites for hydroxylation is 1. The number of carbonyl (C=O) groups is 1. The minimum atomic E-state index is -0.0768. The van der Waals surface area contributed by atoms with Gasteiger partial charge in [0.2, 0.25) is 0 Å². The Morgan fingerprint density at radius 3 is 2.00 bits per heavy atom. The third-order valence-electron chi connectivity index (χ3n) is 5.75. The zero-order chi connectivity index (χ0) is 16.2. The summed E-state index contributed by atoms with van der Waals surface area (Å²) in [6.07, 6.45) is 8.33. The molecule has 1 N–H and O–H groups in total. The molecule has 2 fully saturated rings. The average molecular weight is 316 g/mol. The Labute approximate surface area is 139 Å². The van der Waals surface area contributed by atoms with Gasteiger partial charge in [0.25, 0.3) is 0 Å². The first-order valence-electron chi connectivity index (χ1n) is 9.08. The van der Waals surface area contributed by atoms with Crippen LogP contribution in [0.3, 0.4) is 0 Å². The van der Waals surface area contributed by atoms with Crippen molar-refractivity contribution >= 4 is 5.97 Å². The van der Waals surface area contributed by atoms with E-state index < -0.39 is 0 Å². The molecule has 3 rings (SSSR count). The van der Waals surface area contributed by atoms with Crippen molar-refractivity contribution in [1.29, 1.82) is 0 Å². The van der Waals surface area contributed by atoms with Crippen LogP contribution in [0.25, 0.3) is 0 Å². The van der Waals surface area contributed by atoms with Crippen LogP contribution in [0.1, 0.15) is 56.9 Å². The van der Waals surface area contributed by atoms with Gasteiger partial charge in [-0.25, -0.2) is 0 Å². The third kappa shape index (κ3) is 4.35. The lowest BCUT2D eigenvalue weighted by molar-refractivity contribution is -0.140. The van der Waals surface area contributed by atoms with Crippen molar-refractivity contribution in [2.75, 3.05) is 0 Å². The van der Waals surface area contributed by atoms with E-state index in [2.05, 4.69) is 0 Å². The molecular formula is C20H28O3. The Hall–Kier alpha value is -1.35. The molecule has 1 aromatic carbocycles. The quantitative estimate of drug-likeness (QED) is 0.669. The molecule has 0 radical (unpaired) electrons. The molecule has 0 unspecified atom stereocenters. The smallest absolute Gasteiger partial charge is 0.314 e. The van der Waals surface area contributed by atoms with Crippen LogP contribution in [0.15, 0.2) is 24.3 Å². The molecule has 23 heavy (non-hydrogen) atoms. The van der Waals surface area contributed by atoms with E-state index in [4.69, 9.17) is 4.74 Å². The lowest BCUT2D eigenvalue weighted by atomic mass is 9.70. The van der Waals surface area contributed by atoms with Gasteiger partial charge in [-0.05, 0) is 82.3 Å². The van der Waals surface area contributed by atoms with E-state index >= 15 is 0 Å². The highest BCUT2D eigenvalue weighted by molar-refractivity contribution is 5.75. The minimum absolute atomic E-state index is 0.0572. The molecule has 0 atom stereocenters. The molecule has 0 aliphatic heterocycles. The number of hydrogen-bond acceptors (Lipinski definition) is 3. The molecular weight excluding hydrogens is 288 g/mol. The summed E-state index contributed by atoms with van der Waals surface area (Å²) in [6, 6.07) is 7.67. The van der Waals surface area contributed by atoms with Crippen molar-refractivity contribution in [1.82, 2.24) is 0 Å². The Kier molecular flexibility index (Phi) is 5.37.